The average molecular weight is 326 g/mol. The lowest BCUT2D eigenvalue weighted by Gasteiger charge is -2.22. The molecule has 6 nitrogen and oxygen atoms in total. The summed E-state index contributed by atoms with van der Waals surface area (Å²) in [5.41, 5.74) is 0. The fraction of sp³-hybridized carbons (Fsp3) is 0.615. The van der Waals surface area contributed by atoms with Gasteiger partial charge in [-0.1, -0.05) is 6.42 Å². The number of hydrogen-bond acceptors (Lipinski definition) is 5. The molecule has 8 heteroatoms. The van der Waals surface area contributed by atoms with Gasteiger partial charge < -0.3 is 5.32 Å². The Hall–Kier alpha value is -1.12. The molecule has 0 radical (unpaired) electrons. The summed E-state index contributed by atoms with van der Waals surface area (Å²) in [6, 6.07) is 0.0858. The Bertz CT molecular complexity index is 779. The molecule has 0 spiro atoms. The molecule has 2 aromatic rings. The van der Waals surface area contributed by atoms with E-state index in [0.29, 0.717) is 22.6 Å². The van der Waals surface area contributed by atoms with Crippen molar-refractivity contribution in [3.05, 3.63) is 11.6 Å². The van der Waals surface area contributed by atoms with Crippen LogP contribution in [-0.4, -0.2) is 30.9 Å². The molecule has 0 aliphatic heterocycles. The normalized spacial score (nSPS) is 28.5. The van der Waals surface area contributed by atoms with E-state index in [1.54, 1.807) is 17.6 Å². The van der Waals surface area contributed by atoms with Crippen molar-refractivity contribution in [2.75, 3.05) is 12.4 Å². The van der Waals surface area contributed by atoms with Gasteiger partial charge in [-0.3, -0.25) is 4.40 Å². The first-order chi connectivity index (χ1) is 10.1. The van der Waals surface area contributed by atoms with E-state index in [1.165, 1.54) is 24.2 Å². The molecule has 2 N–H and O–H groups in total. The summed E-state index contributed by atoms with van der Waals surface area (Å²) < 4.78 is 30.2. The van der Waals surface area contributed by atoms with Crippen LogP contribution in [0.5, 0.6) is 0 Å². The SMILES string of the molecule is CNc1nc2sccn2c1S(=O)(=O)NC1CC2CCC1C2. The molecular weight excluding hydrogens is 308 g/mol. The summed E-state index contributed by atoms with van der Waals surface area (Å²) in [5.74, 6) is 1.63. The van der Waals surface area contributed by atoms with E-state index in [9.17, 15) is 8.42 Å². The second-order valence-corrected chi connectivity index (χ2v) is 8.48. The first-order valence-corrected chi connectivity index (χ1v) is 9.60. The van der Waals surface area contributed by atoms with E-state index < -0.39 is 10.0 Å². The lowest BCUT2D eigenvalue weighted by atomic mass is 9.96. The second kappa shape index (κ2) is 4.69. The monoisotopic (exact) mass is 326 g/mol. The van der Waals surface area contributed by atoms with E-state index in [4.69, 9.17) is 0 Å². The maximum atomic E-state index is 12.8. The summed E-state index contributed by atoms with van der Waals surface area (Å²) in [5, 5.41) is 4.96. The van der Waals surface area contributed by atoms with Gasteiger partial charge >= 0.3 is 0 Å². The van der Waals surface area contributed by atoms with Crippen molar-refractivity contribution in [2.24, 2.45) is 11.8 Å². The number of hydrogen-bond donors (Lipinski definition) is 2. The summed E-state index contributed by atoms with van der Waals surface area (Å²) in [7, 11) is -1.87. The van der Waals surface area contributed by atoms with Crippen molar-refractivity contribution < 1.29 is 8.42 Å². The minimum atomic E-state index is -3.57. The van der Waals surface area contributed by atoms with Gasteiger partial charge in [0.1, 0.15) is 0 Å². The smallest absolute Gasteiger partial charge is 0.260 e. The Morgan fingerprint density at radius 1 is 1.38 bits per heavy atom. The average Bonchev–Trinajstić information content (AvgIpc) is 3.16. The van der Waals surface area contributed by atoms with Gasteiger partial charge in [-0.05, 0) is 31.1 Å². The Balaban J connectivity index is 1.71. The third-order valence-corrected chi connectivity index (χ3v) is 7.02. The molecule has 2 aromatic heterocycles. The lowest BCUT2D eigenvalue weighted by Crippen LogP contribution is -2.39. The van der Waals surface area contributed by atoms with E-state index in [2.05, 4.69) is 15.0 Å². The number of nitrogens with zero attached hydrogens (tertiary/aromatic N) is 2. The van der Waals surface area contributed by atoms with Crippen LogP contribution < -0.4 is 10.0 Å². The number of anilines is 1. The van der Waals surface area contributed by atoms with E-state index in [0.717, 1.165) is 12.8 Å². The predicted molar refractivity (Wildman–Crippen MR) is 82.2 cm³/mol. The fourth-order valence-electron chi connectivity index (χ4n) is 3.83. The van der Waals surface area contributed by atoms with Gasteiger partial charge in [-0.2, -0.15) is 0 Å². The van der Waals surface area contributed by atoms with Crippen molar-refractivity contribution in [3.8, 4) is 0 Å². The molecule has 3 unspecified atom stereocenters. The quantitative estimate of drug-likeness (QED) is 0.900. The van der Waals surface area contributed by atoms with Crippen molar-refractivity contribution in [1.29, 1.82) is 0 Å². The van der Waals surface area contributed by atoms with Crippen LogP contribution in [0.25, 0.3) is 4.96 Å². The van der Waals surface area contributed by atoms with Crippen molar-refractivity contribution in [3.63, 3.8) is 0 Å². The third kappa shape index (κ3) is 2.08. The zero-order valence-corrected chi connectivity index (χ0v) is 13.4. The summed E-state index contributed by atoms with van der Waals surface area (Å²) >= 11 is 1.43. The molecule has 2 saturated carbocycles. The summed E-state index contributed by atoms with van der Waals surface area (Å²) in [6.07, 6.45) is 6.31. The number of sulfonamides is 1. The van der Waals surface area contributed by atoms with Crippen LogP contribution in [0.15, 0.2) is 16.6 Å². The standard InChI is InChI=1S/C13H18N4O2S2/c1-14-11-12(17-4-5-20-13(17)15-11)21(18,19)16-10-7-8-2-3-9(10)6-8/h4-5,8-10,14,16H,2-3,6-7H2,1H3. The first-order valence-electron chi connectivity index (χ1n) is 7.24. The van der Waals surface area contributed by atoms with Gasteiger partial charge in [0.05, 0.1) is 0 Å². The number of fused-ring (bicyclic) bond motifs is 3. The molecule has 2 aliphatic carbocycles. The van der Waals surface area contributed by atoms with Crippen molar-refractivity contribution in [1.82, 2.24) is 14.1 Å². The molecule has 0 aromatic carbocycles. The molecule has 2 aliphatic rings. The number of rotatable bonds is 4. The van der Waals surface area contributed by atoms with Crippen LogP contribution >= 0.6 is 11.3 Å². The predicted octanol–water partition coefficient (Wildman–Crippen LogP) is 1.90. The lowest BCUT2D eigenvalue weighted by molar-refractivity contribution is 0.390. The number of aromatic nitrogens is 2. The maximum absolute atomic E-state index is 12.8. The molecule has 0 amide bonds. The van der Waals surface area contributed by atoms with Crippen molar-refractivity contribution in [2.45, 2.75) is 36.8 Å². The summed E-state index contributed by atoms with van der Waals surface area (Å²) in [6.45, 7) is 0. The number of thiazole rings is 1. The number of imidazole rings is 1. The summed E-state index contributed by atoms with van der Waals surface area (Å²) in [4.78, 5) is 5.02. The molecule has 2 fully saturated rings. The van der Waals surface area contributed by atoms with Gasteiger partial charge in [0.2, 0.25) is 0 Å². The van der Waals surface area contributed by atoms with Crippen LogP contribution in [0.2, 0.25) is 0 Å². The highest BCUT2D eigenvalue weighted by molar-refractivity contribution is 7.89. The molecule has 2 bridgehead atoms. The van der Waals surface area contributed by atoms with Crippen LogP contribution in [0.4, 0.5) is 5.82 Å². The van der Waals surface area contributed by atoms with E-state index >= 15 is 0 Å². The molecule has 0 saturated heterocycles. The highest BCUT2D eigenvalue weighted by Crippen LogP contribution is 2.45. The first kappa shape index (κ1) is 13.5. The van der Waals surface area contributed by atoms with Gasteiger partial charge in [-0.25, -0.2) is 18.1 Å². The third-order valence-electron chi connectivity index (χ3n) is 4.75. The van der Waals surface area contributed by atoms with E-state index in [-0.39, 0.29) is 11.1 Å². The molecular formula is C13H18N4O2S2. The van der Waals surface area contributed by atoms with Gasteiger partial charge in [0, 0.05) is 24.7 Å². The number of nitrogens with one attached hydrogen (secondary N) is 2. The zero-order valence-electron chi connectivity index (χ0n) is 11.7. The minimum absolute atomic E-state index is 0.0858. The molecule has 4 rings (SSSR count). The van der Waals surface area contributed by atoms with Crippen LogP contribution in [0, 0.1) is 11.8 Å². The maximum Gasteiger partial charge on any atom is 0.260 e. The Morgan fingerprint density at radius 2 is 2.24 bits per heavy atom. The highest BCUT2D eigenvalue weighted by atomic mass is 32.2. The zero-order chi connectivity index (χ0) is 14.6. The largest absolute Gasteiger partial charge is 0.371 e. The van der Waals surface area contributed by atoms with Crippen LogP contribution in [0.3, 0.4) is 0 Å². The Morgan fingerprint density at radius 3 is 2.90 bits per heavy atom. The highest BCUT2D eigenvalue weighted by Gasteiger charge is 2.42. The molecule has 2 heterocycles. The molecule has 114 valence electrons. The van der Waals surface area contributed by atoms with E-state index in [1.807, 2.05) is 5.38 Å². The van der Waals surface area contributed by atoms with Crippen molar-refractivity contribution >= 4 is 32.1 Å². The van der Waals surface area contributed by atoms with Gasteiger partial charge in [0.15, 0.2) is 15.8 Å². The topological polar surface area (TPSA) is 75.5 Å². The molecule has 21 heavy (non-hydrogen) atoms. The van der Waals surface area contributed by atoms with Crippen LogP contribution in [-0.2, 0) is 10.0 Å². The van der Waals surface area contributed by atoms with Gasteiger partial charge in [0.25, 0.3) is 10.0 Å². The second-order valence-electron chi connectivity index (χ2n) is 5.97. The molecule has 3 atom stereocenters. The Kier molecular flexibility index (Phi) is 3.02. The van der Waals surface area contributed by atoms with Gasteiger partial charge in [-0.15, -0.1) is 11.3 Å². The van der Waals surface area contributed by atoms with Crippen LogP contribution in [0.1, 0.15) is 25.7 Å². The Labute approximate surface area is 127 Å². The fourth-order valence-corrected chi connectivity index (χ4v) is 6.21. The minimum Gasteiger partial charge on any atom is -0.371 e.